The lowest BCUT2D eigenvalue weighted by atomic mass is 9.92. The fraction of sp³-hybridized carbons (Fsp3) is 0.350. The molecule has 5 nitrogen and oxygen atoms in total. The van der Waals surface area contributed by atoms with Crippen LogP contribution in [0, 0.1) is 6.92 Å². The van der Waals surface area contributed by atoms with Crippen LogP contribution in [0.5, 0.6) is 0 Å². The molecule has 0 unspecified atom stereocenters. The van der Waals surface area contributed by atoms with E-state index in [-0.39, 0.29) is 5.75 Å². The predicted molar refractivity (Wildman–Crippen MR) is 104 cm³/mol. The lowest BCUT2D eigenvalue weighted by Crippen LogP contribution is -2.27. The maximum atomic E-state index is 13.1. The molecule has 3 aromatic rings. The Bertz CT molecular complexity index is 1020. The molecule has 1 fully saturated rings. The zero-order valence-electron chi connectivity index (χ0n) is 14.9. The van der Waals surface area contributed by atoms with E-state index in [4.69, 9.17) is 0 Å². The monoisotopic (exact) mass is 369 g/mol. The minimum absolute atomic E-state index is 0.0514. The van der Waals surface area contributed by atoms with Gasteiger partial charge in [0.1, 0.15) is 0 Å². The van der Waals surface area contributed by atoms with Crippen LogP contribution in [0.2, 0.25) is 0 Å². The predicted octanol–water partition coefficient (Wildman–Crippen LogP) is 3.19. The molecule has 26 heavy (non-hydrogen) atoms. The Morgan fingerprint density at radius 1 is 1.12 bits per heavy atom. The van der Waals surface area contributed by atoms with Gasteiger partial charge in [0, 0.05) is 11.3 Å². The number of nitrogens with one attached hydrogen (secondary N) is 1. The molecule has 0 bridgehead atoms. The Balaban J connectivity index is 1.82. The molecule has 136 valence electrons. The normalized spacial score (nSPS) is 16.2. The lowest BCUT2D eigenvalue weighted by Gasteiger charge is -2.21. The Morgan fingerprint density at radius 2 is 1.85 bits per heavy atom. The van der Waals surface area contributed by atoms with Crippen LogP contribution in [0.15, 0.2) is 48.5 Å². The largest absolute Gasteiger partial charge is 0.317 e. The number of benzene rings is 2. The minimum Gasteiger partial charge on any atom is -0.317 e. The summed E-state index contributed by atoms with van der Waals surface area (Å²) in [7, 11) is -3.58. The highest BCUT2D eigenvalue weighted by Gasteiger charge is 2.26. The van der Waals surface area contributed by atoms with Gasteiger partial charge in [-0.25, -0.2) is 8.42 Å². The molecule has 1 aliphatic rings. The van der Waals surface area contributed by atoms with Gasteiger partial charge in [-0.3, -0.25) is 0 Å². The molecule has 1 aliphatic heterocycles. The van der Waals surface area contributed by atoms with E-state index in [0.29, 0.717) is 11.4 Å². The second kappa shape index (κ2) is 6.85. The van der Waals surface area contributed by atoms with E-state index < -0.39 is 10.0 Å². The summed E-state index contributed by atoms with van der Waals surface area (Å²) in [6, 6.07) is 15.2. The Labute approximate surface area is 154 Å². The molecule has 0 atom stereocenters. The van der Waals surface area contributed by atoms with Crippen LogP contribution in [0.25, 0.3) is 10.9 Å². The van der Waals surface area contributed by atoms with E-state index >= 15 is 0 Å². The van der Waals surface area contributed by atoms with E-state index in [9.17, 15) is 8.42 Å². The first kappa shape index (κ1) is 17.2. The molecule has 2 heterocycles. The second-order valence-electron chi connectivity index (χ2n) is 7.01. The first-order valence-corrected chi connectivity index (χ1v) is 10.6. The van der Waals surface area contributed by atoms with Crippen molar-refractivity contribution >= 4 is 20.9 Å². The lowest BCUT2D eigenvalue weighted by molar-refractivity contribution is 0.453. The van der Waals surface area contributed by atoms with Gasteiger partial charge in [0.05, 0.1) is 17.0 Å². The fourth-order valence-electron chi connectivity index (χ4n) is 3.68. The molecule has 1 aromatic heterocycles. The molecule has 6 heteroatoms. The number of rotatable bonds is 4. The van der Waals surface area contributed by atoms with Gasteiger partial charge in [-0.2, -0.15) is 9.19 Å². The van der Waals surface area contributed by atoms with E-state index in [1.54, 1.807) is 0 Å². The maximum Gasteiger partial charge on any atom is 0.258 e. The highest BCUT2D eigenvalue weighted by Crippen LogP contribution is 2.32. The van der Waals surface area contributed by atoms with Crippen molar-refractivity contribution in [3.05, 3.63) is 65.4 Å². The Hall–Kier alpha value is -2.18. The smallest absolute Gasteiger partial charge is 0.258 e. The van der Waals surface area contributed by atoms with Crippen LogP contribution in [0.4, 0.5) is 0 Å². The second-order valence-corrected chi connectivity index (χ2v) is 8.81. The van der Waals surface area contributed by atoms with Crippen molar-refractivity contribution in [2.75, 3.05) is 13.1 Å². The van der Waals surface area contributed by atoms with Gasteiger partial charge >= 0.3 is 0 Å². The molecule has 0 saturated carbocycles. The van der Waals surface area contributed by atoms with Gasteiger partial charge in [-0.1, -0.05) is 42.0 Å². The standard InChI is InChI=1S/C20H23N3O2S/c1-15-7-8-19-18(13-15)20(17-9-11-21-12-10-17)22-23(19)26(24,25)14-16-5-3-2-4-6-16/h2-8,13,17,21H,9-12,14H2,1H3. The van der Waals surface area contributed by atoms with Crippen LogP contribution in [0.3, 0.4) is 0 Å². The fourth-order valence-corrected chi connectivity index (χ4v) is 5.09. The molecule has 0 amide bonds. The molecular formula is C20H23N3O2S. The summed E-state index contributed by atoms with van der Waals surface area (Å²) >= 11 is 0. The molecule has 0 spiro atoms. The number of fused-ring (bicyclic) bond motifs is 1. The summed E-state index contributed by atoms with van der Waals surface area (Å²) in [5.41, 5.74) is 3.49. The van der Waals surface area contributed by atoms with Gasteiger partial charge in [-0.15, -0.1) is 0 Å². The summed E-state index contributed by atoms with van der Waals surface area (Å²) in [6.45, 7) is 3.92. The quantitative estimate of drug-likeness (QED) is 0.767. The highest BCUT2D eigenvalue weighted by atomic mass is 32.2. The van der Waals surface area contributed by atoms with E-state index in [2.05, 4.69) is 16.5 Å². The first-order valence-electron chi connectivity index (χ1n) is 9.02. The molecule has 1 N–H and O–H groups in total. The number of piperidine rings is 1. The van der Waals surface area contributed by atoms with E-state index in [0.717, 1.165) is 48.1 Å². The van der Waals surface area contributed by atoms with Crippen molar-refractivity contribution in [2.45, 2.75) is 31.4 Å². The van der Waals surface area contributed by atoms with Crippen LogP contribution in [0.1, 0.15) is 35.6 Å². The summed E-state index contributed by atoms with van der Waals surface area (Å²) in [5, 5.41) is 8.95. The molecule has 2 aromatic carbocycles. The third kappa shape index (κ3) is 3.27. The van der Waals surface area contributed by atoms with E-state index in [1.165, 1.54) is 4.09 Å². The average molecular weight is 369 g/mol. The van der Waals surface area contributed by atoms with Gasteiger partial charge in [0.2, 0.25) is 0 Å². The molecular weight excluding hydrogens is 346 g/mol. The number of nitrogens with zero attached hydrogens (tertiary/aromatic N) is 2. The SMILES string of the molecule is Cc1ccc2c(c1)c(C1CCNCC1)nn2S(=O)(=O)Cc1ccccc1. The average Bonchev–Trinajstić information content (AvgIpc) is 3.02. The van der Waals surface area contributed by atoms with Crippen molar-refractivity contribution < 1.29 is 8.42 Å². The zero-order chi connectivity index (χ0) is 18.1. The summed E-state index contributed by atoms with van der Waals surface area (Å²) in [5.74, 6) is 0.248. The number of aryl methyl sites for hydroxylation is 1. The van der Waals surface area contributed by atoms with Crippen molar-refractivity contribution in [1.82, 2.24) is 14.5 Å². The minimum atomic E-state index is -3.58. The first-order chi connectivity index (χ1) is 12.5. The third-order valence-electron chi connectivity index (χ3n) is 5.01. The Morgan fingerprint density at radius 3 is 2.58 bits per heavy atom. The molecule has 0 aliphatic carbocycles. The molecule has 0 radical (unpaired) electrons. The van der Waals surface area contributed by atoms with E-state index in [1.807, 2.05) is 49.4 Å². The van der Waals surface area contributed by atoms with Crippen molar-refractivity contribution in [3.8, 4) is 0 Å². The summed E-state index contributed by atoms with van der Waals surface area (Å²) in [4.78, 5) is 0. The Kier molecular flexibility index (Phi) is 4.54. The number of aromatic nitrogens is 2. The van der Waals surface area contributed by atoms with Gasteiger partial charge in [-0.05, 0) is 50.6 Å². The number of hydrogen-bond acceptors (Lipinski definition) is 4. The van der Waals surface area contributed by atoms with Crippen molar-refractivity contribution in [2.24, 2.45) is 0 Å². The van der Waals surface area contributed by atoms with Crippen molar-refractivity contribution in [1.29, 1.82) is 0 Å². The highest BCUT2D eigenvalue weighted by molar-refractivity contribution is 7.89. The topological polar surface area (TPSA) is 64.0 Å². The van der Waals surface area contributed by atoms with Gasteiger partial charge in [0.15, 0.2) is 0 Å². The van der Waals surface area contributed by atoms with Gasteiger partial charge in [0.25, 0.3) is 10.0 Å². The van der Waals surface area contributed by atoms with Crippen LogP contribution in [-0.4, -0.2) is 30.7 Å². The third-order valence-corrected chi connectivity index (χ3v) is 6.52. The van der Waals surface area contributed by atoms with Crippen LogP contribution in [-0.2, 0) is 15.8 Å². The van der Waals surface area contributed by atoms with Gasteiger partial charge < -0.3 is 5.32 Å². The van der Waals surface area contributed by atoms with Crippen molar-refractivity contribution in [3.63, 3.8) is 0 Å². The summed E-state index contributed by atoms with van der Waals surface area (Å²) < 4.78 is 27.4. The van der Waals surface area contributed by atoms with Crippen LogP contribution >= 0.6 is 0 Å². The van der Waals surface area contributed by atoms with Crippen LogP contribution < -0.4 is 5.32 Å². The zero-order valence-corrected chi connectivity index (χ0v) is 15.7. The molecule has 4 rings (SSSR count). The summed E-state index contributed by atoms with van der Waals surface area (Å²) in [6.07, 6.45) is 1.97. The molecule has 1 saturated heterocycles. The maximum absolute atomic E-state index is 13.1. The number of hydrogen-bond donors (Lipinski definition) is 1.